The van der Waals surface area contributed by atoms with E-state index in [0.717, 1.165) is 0 Å². The van der Waals surface area contributed by atoms with Gasteiger partial charge in [-0.05, 0) is 17.7 Å². The van der Waals surface area contributed by atoms with Crippen molar-refractivity contribution in [2.45, 2.75) is 6.10 Å². The fourth-order valence-electron chi connectivity index (χ4n) is 1.47. The van der Waals surface area contributed by atoms with Crippen molar-refractivity contribution < 1.29 is 19.4 Å². The van der Waals surface area contributed by atoms with Gasteiger partial charge in [-0.3, -0.25) is 4.79 Å². The molecule has 5 nitrogen and oxygen atoms in total. The molecule has 86 valence electrons. The normalized spacial score (nSPS) is 14.7. The molecule has 0 aliphatic carbocycles. The lowest BCUT2D eigenvalue weighted by Crippen LogP contribution is -2.27. The van der Waals surface area contributed by atoms with Gasteiger partial charge < -0.3 is 19.5 Å². The Kier molecular flexibility index (Phi) is 2.70. The van der Waals surface area contributed by atoms with E-state index in [1.807, 2.05) is 0 Å². The van der Waals surface area contributed by atoms with E-state index in [4.69, 9.17) is 9.47 Å². The second-order valence-corrected chi connectivity index (χ2v) is 3.75. The third-order valence-corrected chi connectivity index (χ3v) is 2.39. The number of carbonyl (C=O) groups excluding carboxylic acids is 1. The molecule has 0 saturated carbocycles. The van der Waals surface area contributed by atoms with E-state index in [9.17, 15) is 9.90 Å². The summed E-state index contributed by atoms with van der Waals surface area (Å²) >= 11 is 0. The van der Waals surface area contributed by atoms with Crippen LogP contribution in [-0.2, 0) is 4.79 Å². The maximum atomic E-state index is 11.5. The first-order chi connectivity index (χ1) is 7.59. The van der Waals surface area contributed by atoms with Crippen LogP contribution in [0.5, 0.6) is 11.5 Å². The van der Waals surface area contributed by atoms with Gasteiger partial charge in [0, 0.05) is 14.1 Å². The van der Waals surface area contributed by atoms with Crippen molar-refractivity contribution in [1.82, 2.24) is 4.90 Å². The summed E-state index contributed by atoms with van der Waals surface area (Å²) in [5.41, 5.74) is 0.503. The maximum absolute atomic E-state index is 11.5. The van der Waals surface area contributed by atoms with Crippen molar-refractivity contribution in [1.29, 1.82) is 0 Å². The number of aliphatic hydroxyl groups is 1. The number of benzene rings is 1. The first kappa shape index (κ1) is 10.8. The Balaban J connectivity index is 2.24. The standard InChI is InChI=1S/C11H13NO4/c1-12(2)11(14)10(13)7-3-4-8-9(5-7)16-6-15-8/h3-5,10,13H,6H2,1-2H3/t10-/m0/s1. The summed E-state index contributed by atoms with van der Waals surface area (Å²) < 4.78 is 10.3. The zero-order valence-corrected chi connectivity index (χ0v) is 9.14. The van der Waals surface area contributed by atoms with E-state index in [1.54, 1.807) is 32.3 Å². The first-order valence-electron chi connectivity index (χ1n) is 4.88. The monoisotopic (exact) mass is 223 g/mol. The van der Waals surface area contributed by atoms with Gasteiger partial charge in [0.15, 0.2) is 17.6 Å². The van der Waals surface area contributed by atoms with Crippen LogP contribution in [0.4, 0.5) is 0 Å². The fraction of sp³-hybridized carbons (Fsp3) is 0.364. The Morgan fingerprint density at radius 2 is 2.06 bits per heavy atom. The van der Waals surface area contributed by atoms with Gasteiger partial charge in [0.25, 0.3) is 5.91 Å². The van der Waals surface area contributed by atoms with Gasteiger partial charge in [-0.25, -0.2) is 0 Å². The van der Waals surface area contributed by atoms with Crippen LogP contribution in [0, 0.1) is 0 Å². The summed E-state index contributed by atoms with van der Waals surface area (Å²) in [6, 6.07) is 4.96. The topological polar surface area (TPSA) is 59.0 Å². The zero-order chi connectivity index (χ0) is 11.7. The van der Waals surface area contributed by atoms with Gasteiger partial charge in [-0.15, -0.1) is 0 Å². The Morgan fingerprint density at radius 3 is 2.75 bits per heavy atom. The minimum atomic E-state index is -1.16. The number of amides is 1. The van der Waals surface area contributed by atoms with Gasteiger partial charge in [0.1, 0.15) is 0 Å². The molecular formula is C11H13NO4. The average molecular weight is 223 g/mol. The smallest absolute Gasteiger partial charge is 0.255 e. The van der Waals surface area contributed by atoms with E-state index in [2.05, 4.69) is 0 Å². The summed E-state index contributed by atoms with van der Waals surface area (Å²) in [7, 11) is 3.19. The van der Waals surface area contributed by atoms with E-state index in [1.165, 1.54) is 4.90 Å². The fourth-order valence-corrected chi connectivity index (χ4v) is 1.47. The van der Waals surface area contributed by atoms with E-state index in [-0.39, 0.29) is 12.7 Å². The van der Waals surface area contributed by atoms with Crippen LogP contribution < -0.4 is 9.47 Å². The first-order valence-corrected chi connectivity index (χ1v) is 4.88. The minimum absolute atomic E-state index is 0.177. The lowest BCUT2D eigenvalue weighted by Gasteiger charge is -2.16. The molecule has 1 aliphatic heterocycles. The Bertz CT molecular complexity index is 416. The molecule has 2 rings (SSSR count). The van der Waals surface area contributed by atoms with Gasteiger partial charge in [-0.2, -0.15) is 0 Å². The SMILES string of the molecule is CN(C)C(=O)[C@@H](O)c1ccc2c(c1)OCO2. The summed E-state index contributed by atoms with van der Waals surface area (Å²) in [6.45, 7) is 0.177. The molecule has 0 bridgehead atoms. The van der Waals surface area contributed by atoms with Crippen molar-refractivity contribution >= 4 is 5.91 Å². The van der Waals surface area contributed by atoms with E-state index in [0.29, 0.717) is 17.1 Å². The second kappa shape index (κ2) is 4.02. The quantitative estimate of drug-likeness (QED) is 0.794. The lowest BCUT2D eigenvalue weighted by molar-refractivity contribution is -0.137. The van der Waals surface area contributed by atoms with Crippen molar-refractivity contribution in [2.24, 2.45) is 0 Å². The minimum Gasteiger partial charge on any atom is -0.454 e. The van der Waals surface area contributed by atoms with Gasteiger partial charge in [0.2, 0.25) is 6.79 Å². The van der Waals surface area contributed by atoms with Crippen molar-refractivity contribution in [2.75, 3.05) is 20.9 Å². The van der Waals surface area contributed by atoms with E-state index < -0.39 is 6.10 Å². The molecule has 0 radical (unpaired) electrons. The molecule has 0 unspecified atom stereocenters. The van der Waals surface area contributed by atoms with E-state index >= 15 is 0 Å². The van der Waals surface area contributed by atoms with Crippen molar-refractivity contribution in [3.05, 3.63) is 23.8 Å². The number of aliphatic hydroxyl groups excluding tert-OH is 1. The molecule has 0 spiro atoms. The van der Waals surface area contributed by atoms with Gasteiger partial charge >= 0.3 is 0 Å². The van der Waals surface area contributed by atoms with Gasteiger partial charge in [0.05, 0.1) is 0 Å². The highest BCUT2D eigenvalue weighted by atomic mass is 16.7. The number of likely N-dealkylation sites (N-methyl/N-ethyl adjacent to an activating group) is 1. The Morgan fingerprint density at radius 1 is 1.38 bits per heavy atom. The van der Waals surface area contributed by atoms with Crippen LogP contribution >= 0.6 is 0 Å². The largest absolute Gasteiger partial charge is 0.454 e. The maximum Gasteiger partial charge on any atom is 0.255 e. The van der Waals surface area contributed by atoms with Crippen LogP contribution in [0.3, 0.4) is 0 Å². The van der Waals surface area contributed by atoms with Crippen molar-refractivity contribution in [3.63, 3.8) is 0 Å². The Hall–Kier alpha value is -1.75. The van der Waals surface area contributed by atoms with Crippen LogP contribution in [0.15, 0.2) is 18.2 Å². The molecule has 16 heavy (non-hydrogen) atoms. The lowest BCUT2D eigenvalue weighted by atomic mass is 10.1. The molecule has 0 fully saturated rings. The number of nitrogens with zero attached hydrogens (tertiary/aromatic N) is 1. The highest BCUT2D eigenvalue weighted by Gasteiger charge is 2.22. The molecule has 1 N–H and O–H groups in total. The number of hydrogen-bond donors (Lipinski definition) is 1. The van der Waals surface area contributed by atoms with Crippen LogP contribution in [0.2, 0.25) is 0 Å². The highest BCUT2D eigenvalue weighted by molar-refractivity contribution is 5.81. The molecule has 0 aromatic heterocycles. The van der Waals surface area contributed by atoms with Crippen LogP contribution in [0.1, 0.15) is 11.7 Å². The molecule has 1 atom stereocenters. The second-order valence-electron chi connectivity index (χ2n) is 3.75. The summed E-state index contributed by atoms with van der Waals surface area (Å²) in [4.78, 5) is 12.9. The molecule has 1 aromatic rings. The number of fused-ring (bicyclic) bond motifs is 1. The van der Waals surface area contributed by atoms with Gasteiger partial charge in [-0.1, -0.05) is 6.07 Å². The molecule has 1 aliphatic rings. The number of rotatable bonds is 2. The van der Waals surface area contributed by atoms with Crippen molar-refractivity contribution in [3.8, 4) is 11.5 Å². The molecular weight excluding hydrogens is 210 g/mol. The summed E-state index contributed by atoms with van der Waals surface area (Å²) in [5, 5.41) is 9.80. The summed E-state index contributed by atoms with van der Waals surface area (Å²) in [6.07, 6.45) is -1.16. The molecule has 1 aromatic carbocycles. The summed E-state index contributed by atoms with van der Waals surface area (Å²) in [5.74, 6) is 0.829. The predicted octanol–water partition coefficient (Wildman–Crippen LogP) is 0.537. The van der Waals surface area contributed by atoms with Crippen LogP contribution in [0.25, 0.3) is 0 Å². The number of ether oxygens (including phenoxy) is 2. The number of hydrogen-bond acceptors (Lipinski definition) is 4. The Labute approximate surface area is 93.2 Å². The molecule has 1 amide bonds. The highest BCUT2D eigenvalue weighted by Crippen LogP contribution is 2.34. The third-order valence-electron chi connectivity index (χ3n) is 2.39. The average Bonchev–Trinajstić information content (AvgIpc) is 2.73. The molecule has 5 heteroatoms. The van der Waals surface area contributed by atoms with Crippen LogP contribution in [-0.4, -0.2) is 36.8 Å². The molecule has 1 heterocycles. The third kappa shape index (κ3) is 1.81. The zero-order valence-electron chi connectivity index (χ0n) is 9.14. The predicted molar refractivity (Wildman–Crippen MR) is 56.2 cm³/mol. The number of carbonyl (C=O) groups is 1. The molecule has 0 saturated heterocycles.